The fraction of sp³-hybridized carbons (Fsp3) is 0.429. The Morgan fingerprint density at radius 3 is 2.09 bits per heavy atom. The van der Waals surface area contributed by atoms with Crippen LogP contribution in [0.1, 0.15) is 90.5 Å². The highest BCUT2D eigenvalue weighted by atomic mass is 35.5. The van der Waals surface area contributed by atoms with Crippen LogP contribution in [0.15, 0.2) is 59.9 Å². The van der Waals surface area contributed by atoms with E-state index in [2.05, 4.69) is 19.1 Å². The lowest BCUT2D eigenvalue weighted by Gasteiger charge is -2.32. The van der Waals surface area contributed by atoms with E-state index in [9.17, 15) is 9.59 Å². The largest absolute Gasteiger partial charge is 0.489 e. The number of ether oxygens (including phenoxy) is 1. The average Bonchev–Trinajstić information content (AvgIpc) is 2.83. The maximum Gasteiger partial charge on any atom is 0.228 e. The first-order valence-corrected chi connectivity index (χ1v) is 12.3. The van der Waals surface area contributed by atoms with E-state index >= 15 is 0 Å². The fourth-order valence-electron chi connectivity index (χ4n) is 5.04. The molecule has 0 aromatic heterocycles. The molecule has 168 valence electrons. The molecule has 4 heteroatoms. The fourth-order valence-corrected chi connectivity index (χ4v) is 5.17. The lowest BCUT2D eigenvalue weighted by atomic mass is 9.72. The molecule has 0 unspecified atom stereocenters. The van der Waals surface area contributed by atoms with Crippen molar-refractivity contribution in [1.82, 2.24) is 0 Å². The number of Topliss-reactive ketones (excluding diaryl/α,β-unsaturated/α-hetero) is 2. The van der Waals surface area contributed by atoms with Crippen molar-refractivity contribution in [2.24, 2.45) is 5.92 Å². The van der Waals surface area contributed by atoms with Gasteiger partial charge in [-0.3, -0.25) is 9.59 Å². The van der Waals surface area contributed by atoms with Crippen LogP contribution in [-0.4, -0.2) is 18.2 Å². The second-order valence-corrected chi connectivity index (χ2v) is 9.39. The van der Waals surface area contributed by atoms with Crippen molar-refractivity contribution in [3.8, 4) is 0 Å². The monoisotopic (exact) mass is 450 g/mol. The third kappa shape index (κ3) is 4.83. The molecule has 0 spiro atoms. The standard InChI is InChI=1S/C28H31ClO3/c1-2-3-4-7-18-32-28-25(26(30)23-8-5-6-9-24(23)27(28)31)21-12-10-19(11-13-21)20-14-16-22(29)17-15-20/h5-6,8-9,14-17,19,21H,2-4,7,10-13,18H2,1H3. The number of benzene rings is 2. The van der Waals surface area contributed by atoms with Crippen LogP contribution in [0.5, 0.6) is 0 Å². The second kappa shape index (κ2) is 10.5. The summed E-state index contributed by atoms with van der Waals surface area (Å²) in [6, 6.07) is 15.2. The van der Waals surface area contributed by atoms with Gasteiger partial charge in [0.2, 0.25) is 5.78 Å². The normalized spacial score (nSPS) is 20.9. The van der Waals surface area contributed by atoms with Gasteiger partial charge in [0.25, 0.3) is 0 Å². The molecule has 2 aliphatic rings. The highest BCUT2D eigenvalue weighted by Crippen LogP contribution is 2.42. The molecule has 0 aliphatic heterocycles. The van der Waals surface area contributed by atoms with Crippen molar-refractivity contribution in [1.29, 1.82) is 0 Å². The van der Waals surface area contributed by atoms with E-state index in [0.29, 0.717) is 35.0 Å². The zero-order chi connectivity index (χ0) is 22.5. The number of ketones is 2. The molecule has 0 saturated heterocycles. The summed E-state index contributed by atoms with van der Waals surface area (Å²) in [5.41, 5.74) is 2.90. The Morgan fingerprint density at radius 1 is 0.812 bits per heavy atom. The number of halogens is 1. The molecular formula is C28H31ClO3. The zero-order valence-corrected chi connectivity index (χ0v) is 19.5. The number of hydrogen-bond donors (Lipinski definition) is 0. The summed E-state index contributed by atoms with van der Waals surface area (Å²) in [4.78, 5) is 26.8. The predicted molar refractivity (Wildman–Crippen MR) is 128 cm³/mol. The summed E-state index contributed by atoms with van der Waals surface area (Å²) in [6.45, 7) is 2.66. The molecule has 2 aromatic carbocycles. The van der Waals surface area contributed by atoms with Gasteiger partial charge in [0.15, 0.2) is 11.5 Å². The third-order valence-corrected chi connectivity index (χ3v) is 7.08. The molecule has 32 heavy (non-hydrogen) atoms. The van der Waals surface area contributed by atoms with E-state index < -0.39 is 0 Å². The van der Waals surface area contributed by atoms with Crippen LogP contribution in [0.25, 0.3) is 0 Å². The van der Waals surface area contributed by atoms with Crippen LogP contribution in [-0.2, 0) is 4.74 Å². The maximum absolute atomic E-state index is 13.5. The zero-order valence-electron chi connectivity index (χ0n) is 18.7. The van der Waals surface area contributed by atoms with Gasteiger partial charge in [-0.2, -0.15) is 0 Å². The number of carbonyl (C=O) groups excluding carboxylic acids is 2. The minimum Gasteiger partial charge on any atom is -0.489 e. The predicted octanol–water partition coefficient (Wildman–Crippen LogP) is 7.54. The van der Waals surface area contributed by atoms with Crippen molar-refractivity contribution in [2.45, 2.75) is 64.2 Å². The summed E-state index contributed by atoms with van der Waals surface area (Å²) in [5.74, 6) is 0.669. The Balaban J connectivity index is 1.55. The van der Waals surface area contributed by atoms with Crippen molar-refractivity contribution in [2.75, 3.05) is 6.61 Å². The summed E-state index contributed by atoms with van der Waals surface area (Å²) >= 11 is 6.04. The van der Waals surface area contributed by atoms with E-state index in [0.717, 1.165) is 56.4 Å². The van der Waals surface area contributed by atoms with E-state index in [1.165, 1.54) is 5.56 Å². The van der Waals surface area contributed by atoms with Crippen LogP contribution >= 0.6 is 11.6 Å². The molecule has 1 saturated carbocycles. The molecular weight excluding hydrogens is 420 g/mol. The van der Waals surface area contributed by atoms with Gasteiger partial charge in [-0.1, -0.05) is 74.2 Å². The van der Waals surface area contributed by atoms with Crippen LogP contribution in [0.4, 0.5) is 0 Å². The van der Waals surface area contributed by atoms with Crippen LogP contribution < -0.4 is 0 Å². The first kappa shape index (κ1) is 22.8. The highest BCUT2D eigenvalue weighted by molar-refractivity contribution is 6.30. The van der Waals surface area contributed by atoms with Crippen molar-refractivity contribution >= 4 is 23.2 Å². The molecule has 0 atom stereocenters. The number of hydrogen-bond acceptors (Lipinski definition) is 3. The molecule has 0 amide bonds. The first-order valence-electron chi connectivity index (χ1n) is 11.9. The van der Waals surface area contributed by atoms with Crippen LogP contribution in [0.2, 0.25) is 5.02 Å². The molecule has 2 aliphatic carbocycles. The van der Waals surface area contributed by atoms with Gasteiger partial charge < -0.3 is 4.74 Å². The van der Waals surface area contributed by atoms with Gasteiger partial charge in [0.05, 0.1) is 6.61 Å². The smallest absolute Gasteiger partial charge is 0.228 e. The molecule has 0 radical (unpaired) electrons. The summed E-state index contributed by atoms with van der Waals surface area (Å²) < 4.78 is 6.05. The maximum atomic E-state index is 13.5. The summed E-state index contributed by atoms with van der Waals surface area (Å²) in [7, 11) is 0. The molecule has 2 aromatic rings. The molecule has 1 fully saturated rings. The number of fused-ring (bicyclic) bond motifs is 1. The molecule has 0 N–H and O–H groups in total. The van der Waals surface area contributed by atoms with E-state index in [1.807, 2.05) is 24.3 Å². The topological polar surface area (TPSA) is 43.4 Å². The molecule has 4 rings (SSSR count). The molecule has 0 heterocycles. The first-order chi connectivity index (χ1) is 15.6. The lowest BCUT2D eigenvalue weighted by Crippen LogP contribution is -2.29. The van der Waals surface area contributed by atoms with Gasteiger partial charge in [-0.05, 0) is 61.6 Å². The van der Waals surface area contributed by atoms with E-state index in [-0.39, 0.29) is 17.5 Å². The van der Waals surface area contributed by atoms with Crippen molar-refractivity contribution in [3.63, 3.8) is 0 Å². The van der Waals surface area contributed by atoms with E-state index in [4.69, 9.17) is 16.3 Å². The summed E-state index contributed by atoms with van der Waals surface area (Å²) in [5, 5.41) is 0.748. The third-order valence-electron chi connectivity index (χ3n) is 6.83. The number of allylic oxidation sites excluding steroid dienone is 2. The Kier molecular flexibility index (Phi) is 7.47. The van der Waals surface area contributed by atoms with Gasteiger partial charge in [-0.25, -0.2) is 0 Å². The lowest BCUT2D eigenvalue weighted by molar-refractivity contribution is 0.0851. The second-order valence-electron chi connectivity index (χ2n) is 8.96. The van der Waals surface area contributed by atoms with Gasteiger partial charge in [-0.15, -0.1) is 0 Å². The Morgan fingerprint density at radius 2 is 1.44 bits per heavy atom. The van der Waals surface area contributed by atoms with Gasteiger partial charge in [0, 0.05) is 21.7 Å². The number of carbonyl (C=O) groups is 2. The van der Waals surface area contributed by atoms with Gasteiger partial charge >= 0.3 is 0 Å². The SMILES string of the molecule is CCCCCCOC1=C(C2CCC(c3ccc(Cl)cc3)CC2)C(=O)c2ccccc2C1=O. The average molecular weight is 451 g/mol. The number of unbranched alkanes of at least 4 members (excludes halogenated alkanes) is 3. The summed E-state index contributed by atoms with van der Waals surface area (Å²) in [6.07, 6.45) is 8.01. The van der Waals surface area contributed by atoms with Crippen LogP contribution in [0.3, 0.4) is 0 Å². The van der Waals surface area contributed by atoms with E-state index in [1.54, 1.807) is 12.1 Å². The van der Waals surface area contributed by atoms with Gasteiger partial charge in [0.1, 0.15) is 0 Å². The number of rotatable bonds is 8. The van der Waals surface area contributed by atoms with Crippen LogP contribution in [0, 0.1) is 5.92 Å². The minimum atomic E-state index is -0.134. The Hall–Kier alpha value is -2.39. The quantitative estimate of drug-likeness (QED) is 0.390. The molecule has 0 bridgehead atoms. The Labute approximate surface area is 195 Å². The van der Waals surface area contributed by atoms with Crippen molar-refractivity contribution < 1.29 is 14.3 Å². The highest BCUT2D eigenvalue weighted by Gasteiger charge is 2.38. The molecule has 3 nitrogen and oxygen atoms in total. The minimum absolute atomic E-state index is 0.0290. The Bertz CT molecular complexity index is 998. The van der Waals surface area contributed by atoms with Crippen molar-refractivity contribution in [3.05, 3.63) is 81.6 Å².